The van der Waals surface area contributed by atoms with E-state index in [9.17, 15) is 0 Å². The molecule has 1 fully saturated rings. The van der Waals surface area contributed by atoms with E-state index >= 15 is 0 Å². The molecule has 86 valence electrons. The molecule has 1 aliphatic heterocycles. The maximum atomic E-state index is 5.64. The topological polar surface area (TPSA) is 51.4 Å². The highest BCUT2D eigenvalue weighted by Gasteiger charge is 2.10. The van der Waals surface area contributed by atoms with Crippen LogP contribution in [0.5, 0.6) is 0 Å². The van der Waals surface area contributed by atoms with Gasteiger partial charge in [-0.1, -0.05) is 0 Å². The van der Waals surface area contributed by atoms with Gasteiger partial charge < -0.3 is 15.4 Å². The number of hydrogen-bond acceptors (Lipinski definition) is 4. The van der Waals surface area contributed by atoms with E-state index in [1.807, 2.05) is 12.3 Å². The van der Waals surface area contributed by atoms with Crippen LogP contribution in [0.2, 0.25) is 0 Å². The van der Waals surface area contributed by atoms with Gasteiger partial charge in [0.2, 0.25) is 0 Å². The molecule has 1 saturated heterocycles. The summed E-state index contributed by atoms with van der Waals surface area (Å²) in [5, 5.41) is 0. The van der Waals surface area contributed by atoms with Crippen LogP contribution < -0.4 is 10.6 Å². The van der Waals surface area contributed by atoms with Crippen molar-refractivity contribution in [2.45, 2.75) is 0 Å². The predicted octanol–water partition coefficient (Wildman–Crippen LogP) is 1.34. The molecule has 2 heterocycles. The molecule has 15 heavy (non-hydrogen) atoms. The van der Waals surface area contributed by atoms with Crippen LogP contribution in [0.25, 0.3) is 0 Å². The molecular formula is C9H15Cl2N3O. The second-order valence-corrected chi connectivity index (χ2v) is 3.08. The lowest BCUT2D eigenvalue weighted by molar-refractivity contribution is 0.122. The number of rotatable bonds is 1. The Balaban J connectivity index is 0.000000980. The minimum absolute atomic E-state index is 0. The zero-order valence-electron chi connectivity index (χ0n) is 8.26. The molecule has 1 aromatic rings. The Morgan fingerprint density at radius 1 is 1.20 bits per heavy atom. The molecule has 4 nitrogen and oxygen atoms in total. The van der Waals surface area contributed by atoms with Gasteiger partial charge in [0, 0.05) is 19.3 Å². The van der Waals surface area contributed by atoms with Crippen LogP contribution >= 0.6 is 24.8 Å². The van der Waals surface area contributed by atoms with E-state index in [1.54, 1.807) is 6.20 Å². The number of nitrogens with two attached hydrogens (primary N) is 1. The van der Waals surface area contributed by atoms with Gasteiger partial charge in [0.15, 0.2) is 0 Å². The molecule has 1 aliphatic rings. The highest BCUT2D eigenvalue weighted by molar-refractivity contribution is 5.85. The van der Waals surface area contributed by atoms with Gasteiger partial charge in [0.1, 0.15) is 0 Å². The van der Waals surface area contributed by atoms with E-state index in [1.165, 1.54) is 0 Å². The molecule has 0 aromatic carbocycles. The average molecular weight is 252 g/mol. The Labute approximate surface area is 102 Å². The van der Waals surface area contributed by atoms with Gasteiger partial charge in [-0.25, -0.2) is 0 Å². The van der Waals surface area contributed by atoms with E-state index in [0.717, 1.165) is 32.0 Å². The van der Waals surface area contributed by atoms with Gasteiger partial charge in [0.25, 0.3) is 0 Å². The van der Waals surface area contributed by atoms with E-state index in [2.05, 4.69) is 9.88 Å². The molecule has 0 spiro atoms. The zero-order chi connectivity index (χ0) is 9.10. The zero-order valence-corrected chi connectivity index (χ0v) is 9.89. The number of ether oxygens (including phenoxy) is 1. The van der Waals surface area contributed by atoms with Crippen LogP contribution in [0.1, 0.15) is 0 Å². The highest BCUT2D eigenvalue weighted by atomic mass is 35.5. The molecule has 0 amide bonds. The summed E-state index contributed by atoms with van der Waals surface area (Å²) < 4.78 is 5.26. The standard InChI is InChI=1S/C9H13N3O.2ClH/c10-8-5-9(7-11-6-8)12-1-3-13-4-2-12;;/h5-7H,1-4,10H2;2*1H. The van der Waals surface area contributed by atoms with Gasteiger partial charge in [-0.15, -0.1) is 24.8 Å². The SMILES string of the molecule is Cl.Cl.Nc1cncc(N2CCOCC2)c1. The van der Waals surface area contributed by atoms with Crippen molar-refractivity contribution in [1.29, 1.82) is 0 Å². The van der Waals surface area contributed by atoms with E-state index < -0.39 is 0 Å². The van der Waals surface area contributed by atoms with Crippen LogP contribution in [-0.2, 0) is 4.74 Å². The molecule has 0 atom stereocenters. The maximum Gasteiger partial charge on any atom is 0.0642 e. The summed E-state index contributed by atoms with van der Waals surface area (Å²) >= 11 is 0. The van der Waals surface area contributed by atoms with Crippen LogP contribution in [-0.4, -0.2) is 31.3 Å². The number of anilines is 2. The minimum Gasteiger partial charge on any atom is -0.397 e. The Morgan fingerprint density at radius 2 is 1.87 bits per heavy atom. The fourth-order valence-corrected chi connectivity index (χ4v) is 1.44. The first-order valence-electron chi connectivity index (χ1n) is 4.39. The summed E-state index contributed by atoms with van der Waals surface area (Å²) in [6, 6.07) is 1.94. The molecule has 0 unspecified atom stereocenters. The fourth-order valence-electron chi connectivity index (χ4n) is 1.44. The van der Waals surface area contributed by atoms with Crippen molar-refractivity contribution in [1.82, 2.24) is 4.98 Å². The lowest BCUT2D eigenvalue weighted by atomic mass is 10.3. The molecule has 0 aliphatic carbocycles. The lowest BCUT2D eigenvalue weighted by Crippen LogP contribution is -2.36. The number of pyridine rings is 1. The van der Waals surface area contributed by atoms with E-state index in [4.69, 9.17) is 10.5 Å². The van der Waals surface area contributed by atoms with Crippen molar-refractivity contribution in [3.05, 3.63) is 18.5 Å². The first kappa shape index (κ1) is 14.3. The molecule has 2 N–H and O–H groups in total. The van der Waals surface area contributed by atoms with Crippen molar-refractivity contribution in [3.63, 3.8) is 0 Å². The van der Waals surface area contributed by atoms with Gasteiger partial charge in [-0.2, -0.15) is 0 Å². The van der Waals surface area contributed by atoms with Crippen molar-refractivity contribution in [2.75, 3.05) is 36.9 Å². The summed E-state index contributed by atoms with van der Waals surface area (Å²) in [5.41, 5.74) is 7.44. The summed E-state index contributed by atoms with van der Waals surface area (Å²) in [6.07, 6.45) is 3.49. The van der Waals surface area contributed by atoms with Crippen molar-refractivity contribution < 1.29 is 4.74 Å². The van der Waals surface area contributed by atoms with E-state index in [-0.39, 0.29) is 24.8 Å². The van der Waals surface area contributed by atoms with Gasteiger partial charge in [0.05, 0.1) is 30.8 Å². The van der Waals surface area contributed by atoms with Crippen molar-refractivity contribution in [3.8, 4) is 0 Å². The Morgan fingerprint density at radius 3 is 2.47 bits per heavy atom. The third kappa shape index (κ3) is 3.74. The number of aromatic nitrogens is 1. The van der Waals surface area contributed by atoms with Crippen LogP contribution in [0.3, 0.4) is 0 Å². The van der Waals surface area contributed by atoms with Gasteiger partial charge in [-0.3, -0.25) is 4.98 Å². The minimum atomic E-state index is 0. The Bertz CT molecular complexity index is 292. The Kier molecular flexibility index (Phi) is 6.40. The molecule has 2 rings (SSSR count). The van der Waals surface area contributed by atoms with Gasteiger partial charge >= 0.3 is 0 Å². The summed E-state index contributed by atoms with van der Waals surface area (Å²) in [4.78, 5) is 6.28. The third-order valence-corrected chi connectivity index (χ3v) is 2.12. The first-order chi connectivity index (χ1) is 6.36. The molecular weight excluding hydrogens is 237 g/mol. The van der Waals surface area contributed by atoms with E-state index in [0.29, 0.717) is 5.69 Å². The molecule has 0 bridgehead atoms. The maximum absolute atomic E-state index is 5.64. The van der Waals surface area contributed by atoms with Crippen molar-refractivity contribution >= 4 is 36.2 Å². The second kappa shape index (κ2) is 6.71. The molecule has 6 heteroatoms. The quantitative estimate of drug-likeness (QED) is 0.819. The number of hydrogen-bond donors (Lipinski definition) is 1. The third-order valence-electron chi connectivity index (χ3n) is 2.12. The Hall–Kier alpha value is -0.710. The molecule has 1 aromatic heterocycles. The smallest absolute Gasteiger partial charge is 0.0642 e. The molecule has 0 radical (unpaired) electrons. The normalized spacial score (nSPS) is 15.1. The van der Waals surface area contributed by atoms with Crippen LogP contribution in [0.4, 0.5) is 11.4 Å². The van der Waals surface area contributed by atoms with Crippen LogP contribution in [0, 0.1) is 0 Å². The number of nitrogens with zero attached hydrogens (tertiary/aromatic N) is 2. The average Bonchev–Trinajstić information content (AvgIpc) is 2.19. The first-order valence-corrected chi connectivity index (χ1v) is 4.39. The number of nitrogen functional groups attached to an aromatic ring is 1. The monoisotopic (exact) mass is 251 g/mol. The predicted molar refractivity (Wildman–Crippen MR) is 66.2 cm³/mol. The summed E-state index contributed by atoms with van der Waals surface area (Å²) in [7, 11) is 0. The highest BCUT2D eigenvalue weighted by Crippen LogP contribution is 2.16. The second-order valence-electron chi connectivity index (χ2n) is 3.08. The number of morpholine rings is 1. The largest absolute Gasteiger partial charge is 0.397 e. The van der Waals surface area contributed by atoms with Gasteiger partial charge in [-0.05, 0) is 6.07 Å². The molecule has 0 saturated carbocycles. The summed E-state index contributed by atoms with van der Waals surface area (Å²) in [5.74, 6) is 0. The lowest BCUT2D eigenvalue weighted by Gasteiger charge is -2.28. The van der Waals surface area contributed by atoms with Crippen molar-refractivity contribution in [2.24, 2.45) is 0 Å². The van der Waals surface area contributed by atoms with Crippen LogP contribution in [0.15, 0.2) is 18.5 Å². The number of halogens is 2. The fraction of sp³-hybridized carbons (Fsp3) is 0.444. The summed E-state index contributed by atoms with van der Waals surface area (Å²) in [6.45, 7) is 3.42.